The summed E-state index contributed by atoms with van der Waals surface area (Å²) >= 11 is 1.64. The SMILES string of the molecule is CC(C)S(=O)(=O)c1ccc(CC(=O)OC2CN(c3nc4ccccc4s3)C2)cc1. The van der Waals surface area contributed by atoms with Crippen molar-refractivity contribution in [3.05, 3.63) is 54.1 Å². The Morgan fingerprint density at radius 2 is 1.86 bits per heavy atom. The van der Waals surface area contributed by atoms with Gasteiger partial charge in [0.05, 0.1) is 39.9 Å². The van der Waals surface area contributed by atoms with Crippen molar-refractivity contribution in [2.75, 3.05) is 18.0 Å². The molecule has 0 spiro atoms. The van der Waals surface area contributed by atoms with E-state index in [4.69, 9.17) is 4.74 Å². The van der Waals surface area contributed by atoms with Crippen molar-refractivity contribution >= 4 is 42.5 Å². The first kappa shape index (κ1) is 19.8. The molecule has 1 aromatic heterocycles. The molecule has 0 atom stereocenters. The molecule has 152 valence electrons. The lowest BCUT2D eigenvalue weighted by Crippen LogP contribution is -2.53. The fourth-order valence-corrected chi connectivity index (χ4v) is 5.17. The molecule has 6 nitrogen and oxygen atoms in total. The van der Waals surface area contributed by atoms with E-state index >= 15 is 0 Å². The summed E-state index contributed by atoms with van der Waals surface area (Å²) in [6.07, 6.45) is -0.0188. The second kappa shape index (κ2) is 7.76. The molecule has 0 saturated carbocycles. The number of fused-ring (bicyclic) bond motifs is 1. The standard InChI is InChI=1S/C21H22N2O4S2/c1-14(2)29(25,26)17-9-7-15(8-10-17)11-20(24)27-16-12-23(13-16)21-22-18-5-3-4-6-19(18)28-21/h3-10,14,16H,11-13H2,1-2H3. The lowest BCUT2D eigenvalue weighted by Gasteiger charge is -2.38. The van der Waals surface area contributed by atoms with E-state index in [1.807, 2.05) is 24.3 Å². The van der Waals surface area contributed by atoms with E-state index in [9.17, 15) is 13.2 Å². The van der Waals surface area contributed by atoms with Gasteiger partial charge in [0.25, 0.3) is 0 Å². The average molecular weight is 431 g/mol. The number of nitrogens with zero attached hydrogens (tertiary/aromatic N) is 2. The Labute approximate surface area is 174 Å². The molecular formula is C21H22N2O4S2. The fraction of sp³-hybridized carbons (Fsp3) is 0.333. The van der Waals surface area contributed by atoms with Crippen LogP contribution in [0.1, 0.15) is 19.4 Å². The molecule has 2 heterocycles. The zero-order valence-electron chi connectivity index (χ0n) is 16.2. The van der Waals surface area contributed by atoms with E-state index < -0.39 is 15.1 Å². The number of para-hydroxylation sites is 1. The molecular weight excluding hydrogens is 408 g/mol. The number of sulfone groups is 1. The summed E-state index contributed by atoms with van der Waals surface area (Å²) in [4.78, 5) is 19.2. The minimum absolute atomic E-state index is 0.125. The van der Waals surface area contributed by atoms with E-state index in [0.29, 0.717) is 13.1 Å². The van der Waals surface area contributed by atoms with E-state index in [0.717, 1.165) is 20.9 Å². The summed E-state index contributed by atoms with van der Waals surface area (Å²) in [5.41, 5.74) is 1.72. The highest BCUT2D eigenvalue weighted by Crippen LogP contribution is 2.31. The van der Waals surface area contributed by atoms with Crippen molar-refractivity contribution < 1.29 is 17.9 Å². The first-order valence-corrected chi connectivity index (χ1v) is 11.8. The quantitative estimate of drug-likeness (QED) is 0.558. The van der Waals surface area contributed by atoms with Gasteiger partial charge >= 0.3 is 5.97 Å². The molecule has 8 heteroatoms. The van der Waals surface area contributed by atoms with E-state index in [2.05, 4.69) is 9.88 Å². The number of anilines is 1. The second-order valence-electron chi connectivity index (χ2n) is 7.40. The van der Waals surface area contributed by atoms with Crippen molar-refractivity contribution in [3.8, 4) is 0 Å². The maximum atomic E-state index is 12.2. The van der Waals surface area contributed by atoms with Crippen LogP contribution < -0.4 is 4.90 Å². The normalized spacial score (nSPS) is 14.9. The van der Waals surface area contributed by atoms with Gasteiger partial charge in [-0.2, -0.15) is 0 Å². The minimum atomic E-state index is -3.30. The Bertz CT molecular complexity index is 1100. The topological polar surface area (TPSA) is 76.6 Å². The highest BCUT2D eigenvalue weighted by atomic mass is 32.2. The summed E-state index contributed by atoms with van der Waals surface area (Å²) in [6.45, 7) is 4.57. The van der Waals surface area contributed by atoms with Crippen LogP contribution in [-0.4, -0.2) is 43.8 Å². The maximum Gasteiger partial charge on any atom is 0.310 e. The van der Waals surface area contributed by atoms with Crippen molar-refractivity contribution in [2.45, 2.75) is 36.5 Å². The first-order valence-electron chi connectivity index (χ1n) is 9.46. The van der Waals surface area contributed by atoms with Crippen LogP contribution in [0.15, 0.2) is 53.4 Å². The molecule has 0 unspecified atom stereocenters. The van der Waals surface area contributed by atoms with Crippen molar-refractivity contribution in [1.29, 1.82) is 0 Å². The van der Waals surface area contributed by atoms with Gasteiger partial charge in [0, 0.05) is 0 Å². The number of thiazole rings is 1. The van der Waals surface area contributed by atoms with Gasteiger partial charge in [-0.3, -0.25) is 4.79 Å². The molecule has 1 aliphatic heterocycles. The molecule has 0 N–H and O–H groups in total. The average Bonchev–Trinajstić information content (AvgIpc) is 3.08. The van der Waals surface area contributed by atoms with Crippen LogP contribution in [0.5, 0.6) is 0 Å². The zero-order valence-corrected chi connectivity index (χ0v) is 17.9. The number of hydrogen-bond donors (Lipinski definition) is 0. The van der Waals surface area contributed by atoms with Gasteiger partial charge in [-0.1, -0.05) is 35.6 Å². The lowest BCUT2D eigenvalue weighted by molar-refractivity contribution is -0.149. The van der Waals surface area contributed by atoms with E-state index in [1.54, 1.807) is 49.4 Å². The Morgan fingerprint density at radius 1 is 1.17 bits per heavy atom. The highest BCUT2D eigenvalue weighted by molar-refractivity contribution is 7.92. The van der Waals surface area contributed by atoms with Crippen molar-refractivity contribution in [2.24, 2.45) is 0 Å². The number of carbonyl (C=O) groups is 1. The van der Waals surface area contributed by atoms with Gasteiger partial charge < -0.3 is 9.64 Å². The molecule has 2 aromatic carbocycles. The zero-order chi connectivity index (χ0) is 20.6. The van der Waals surface area contributed by atoms with Gasteiger partial charge in [0.2, 0.25) is 0 Å². The van der Waals surface area contributed by atoms with Crippen LogP contribution in [0.25, 0.3) is 10.2 Å². The summed E-state index contributed by atoms with van der Waals surface area (Å²) in [5, 5.41) is 0.468. The third-order valence-electron chi connectivity index (χ3n) is 4.92. The van der Waals surface area contributed by atoms with Gasteiger partial charge in [-0.25, -0.2) is 13.4 Å². The number of esters is 1. The number of aromatic nitrogens is 1. The monoisotopic (exact) mass is 430 g/mol. The predicted molar refractivity (Wildman–Crippen MR) is 114 cm³/mol. The molecule has 29 heavy (non-hydrogen) atoms. The molecule has 0 amide bonds. The maximum absolute atomic E-state index is 12.2. The Hall–Kier alpha value is -2.45. The highest BCUT2D eigenvalue weighted by Gasteiger charge is 2.32. The molecule has 1 fully saturated rings. The van der Waals surface area contributed by atoms with Crippen molar-refractivity contribution in [3.63, 3.8) is 0 Å². The van der Waals surface area contributed by atoms with Crippen LogP contribution in [0, 0.1) is 0 Å². The Morgan fingerprint density at radius 3 is 2.52 bits per heavy atom. The number of ether oxygens (including phenoxy) is 1. The number of benzene rings is 2. The number of rotatable bonds is 6. The van der Waals surface area contributed by atoms with Crippen LogP contribution in [0.4, 0.5) is 5.13 Å². The number of hydrogen-bond acceptors (Lipinski definition) is 7. The first-order chi connectivity index (χ1) is 13.8. The van der Waals surface area contributed by atoms with Crippen molar-refractivity contribution in [1.82, 2.24) is 4.98 Å². The third-order valence-corrected chi connectivity index (χ3v) is 8.19. The molecule has 3 aromatic rings. The smallest absolute Gasteiger partial charge is 0.310 e. The van der Waals surface area contributed by atoms with Gasteiger partial charge in [0.1, 0.15) is 6.10 Å². The van der Waals surface area contributed by atoms with Crippen LogP contribution in [-0.2, 0) is 25.8 Å². The Balaban J connectivity index is 1.30. The molecule has 0 aliphatic carbocycles. The van der Waals surface area contributed by atoms with E-state index in [1.165, 1.54) is 0 Å². The largest absolute Gasteiger partial charge is 0.458 e. The summed E-state index contributed by atoms with van der Waals surface area (Å²) in [7, 11) is -3.30. The third kappa shape index (κ3) is 4.13. The van der Waals surface area contributed by atoms with Crippen LogP contribution in [0.3, 0.4) is 0 Å². The molecule has 4 rings (SSSR count). The van der Waals surface area contributed by atoms with Gasteiger partial charge in [0.15, 0.2) is 15.0 Å². The fourth-order valence-electron chi connectivity index (χ4n) is 3.13. The van der Waals surface area contributed by atoms with Gasteiger partial charge in [-0.15, -0.1) is 0 Å². The molecule has 0 bridgehead atoms. The molecule has 1 aliphatic rings. The van der Waals surface area contributed by atoms with Gasteiger partial charge in [-0.05, 0) is 43.7 Å². The minimum Gasteiger partial charge on any atom is -0.458 e. The predicted octanol–water partition coefficient (Wildman–Crippen LogP) is 3.45. The summed E-state index contributed by atoms with van der Waals surface area (Å²) < 4.78 is 31.0. The lowest BCUT2D eigenvalue weighted by atomic mass is 10.1. The second-order valence-corrected chi connectivity index (χ2v) is 10.9. The number of carbonyl (C=O) groups excluding carboxylic acids is 1. The summed E-state index contributed by atoms with van der Waals surface area (Å²) in [5.74, 6) is -0.307. The van der Waals surface area contributed by atoms with Crippen LogP contribution in [0.2, 0.25) is 0 Å². The summed E-state index contributed by atoms with van der Waals surface area (Å²) in [6, 6.07) is 14.4. The van der Waals surface area contributed by atoms with Crippen LogP contribution >= 0.6 is 11.3 Å². The Kier molecular flexibility index (Phi) is 5.31. The molecule has 0 radical (unpaired) electrons. The molecule has 1 saturated heterocycles. The van der Waals surface area contributed by atoms with E-state index in [-0.39, 0.29) is 23.4 Å².